The summed E-state index contributed by atoms with van der Waals surface area (Å²) in [5, 5.41) is 0. The van der Waals surface area contributed by atoms with Crippen molar-refractivity contribution < 1.29 is 22.3 Å². The van der Waals surface area contributed by atoms with Crippen LogP contribution in [-0.4, -0.2) is 67.9 Å². The van der Waals surface area contributed by atoms with Crippen LogP contribution in [0.15, 0.2) is 47.5 Å². The van der Waals surface area contributed by atoms with Gasteiger partial charge in [0.1, 0.15) is 5.82 Å². The summed E-state index contributed by atoms with van der Waals surface area (Å²) in [6.45, 7) is 2.70. The first-order chi connectivity index (χ1) is 14.5. The second kappa shape index (κ2) is 8.79. The maximum Gasteiger partial charge on any atom is 0.255 e. The van der Waals surface area contributed by atoms with Crippen LogP contribution < -0.4 is 0 Å². The van der Waals surface area contributed by atoms with E-state index in [-0.39, 0.29) is 23.3 Å². The van der Waals surface area contributed by atoms with Crippen molar-refractivity contribution in [3.8, 4) is 0 Å². The molecule has 1 aromatic carbocycles. The summed E-state index contributed by atoms with van der Waals surface area (Å²) < 4.78 is 46.0. The van der Waals surface area contributed by atoms with Gasteiger partial charge in [-0.25, -0.2) is 12.8 Å². The van der Waals surface area contributed by atoms with Crippen LogP contribution in [-0.2, 0) is 14.8 Å². The average molecular weight is 434 g/mol. The van der Waals surface area contributed by atoms with Crippen LogP contribution in [0.1, 0.15) is 34.8 Å². The minimum Gasteiger partial charge on any atom is -0.378 e. The summed E-state index contributed by atoms with van der Waals surface area (Å²) in [7, 11) is -3.75. The number of pyridine rings is 1. The number of morpholine rings is 1. The van der Waals surface area contributed by atoms with E-state index in [1.807, 2.05) is 0 Å². The number of rotatable bonds is 4. The molecule has 0 spiro atoms. The van der Waals surface area contributed by atoms with E-state index in [9.17, 15) is 17.6 Å². The lowest BCUT2D eigenvalue weighted by atomic mass is 9.92. The lowest BCUT2D eigenvalue weighted by Crippen LogP contribution is -2.42. The van der Waals surface area contributed by atoms with Gasteiger partial charge in [0, 0.05) is 38.3 Å². The number of ether oxygens (including phenoxy) is 1. The van der Waals surface area contributed by atoms with Crippen LogP contribution in [0, 0.1) is 5.82 Å². The fraction of sp³-hybridized carbons (Fsp3) is 0.429. The highest BCUT2D eigenvalue weighted by atomic mass is 32.2. The minimum absolute atomic E-state index is 0.0650. The molecule has 2 fully saturated rings. The lowest BCUT2D eigenvalue weighted by molar-refractivity contribution is 0.0301. The number of halogens is 1. The smallest absolute Gasteiger partial charge is 0.255 e. The second-order valence-electron chi connectivity index (χ2n) is 7.50. The highest BCUT2D eigenvalue weighted by Crippen LogP contribution is 2.31. The standard InChI is InChI=1S/C21H24FN3O4S/c22-17-5-7-18(8-6-17)30(27,28)25-10-2-3-16(15-25)20-19(4-1-9-23-20)21(26)24-11-13-29-14-12-24/h1,4-9,16H,2-3,10-15H2. The molecule has 1 unspecified atom stereocenters. The van der Waals surface area contributed by atoms with Crippen molar-refractivity contribution in [2.75, 3.05) is 39.4 Å². The van der Waals surface area contributed by atoms with Gasteiger partial charge in [-0.15, -0.1) is 0 Å². The zero-order chi connectivity index (χ0) is 21.1. The predicted octanol–water partition coefficient (Wildman–Crippen LogP) is 2.26. The Morgan fingerprint density at radius 2 is 1.83 bits per heavy atom. The quantitative estimate of drug-likeness (QED) is 0.739. The first-order valence-corrected chi connectivity index (χ1v) is 11.5. The van der Waals surface area contributed by atoms with E-state index in [1.165, 1.54) is 16.4 Å². The summed E-state index contributed by atoms with van der Waals surface area (Å²) in [6.07, 6.45) is 3.04. The van der Waals surface area contributed by atoms with Crippen LogP contribution in [0.4, 0.5) is 4.39 Å². The Morgan fingerprint density at radius 1 is 1.10 bits per heavy atom. The molecule has 3 heterocycles. The summed E-state index contributed by atoms with van der Waals surface area (Å²) in [5.74, 6) is -0.764. The van der Waals surface area contributed by atoms with Crippen molar-refractivity contribution in [3.63, 3.8) is 0 Å². The van der Waals surface area contributed by atoms with Gasteiger partial charge in [-0.2, -0.15) is 4.31 Å². The van der Waals surface area contributed by atoms with Gasteiger partial charge in [0.15, 0.2) is 0 Å². The highest BCUT2D eigenvalue weighted by molar-refractivity contribution is 7.89. The third-order valence-electron chi connectivity index (χ3n) is 5.59. The molecule has 2 aromatic rings. The molecule has 160 valence electrons. The Morgan fingerprint density at radius 3 is 2.57 bits per heavy atom. The van der Waals surface area contributed by atoms with Gasteiger partial charge < -0.3 is 9.64 Å². The fourth-order valence-corrected chi connectivity index (χ4v) is 5.52. The molecule has 0 radical (unpaired) electrons. The predicted molar refractivity (Wildman–Crippen MR) is 108 cm³/mol. The van der Waals surface area contributed by atoms with Crippen LogP contribution in [0.25, 0.3) is 0 Å². The van der Waals surface area contributed by atoms with E-state index in [4.69, 9.17) is 4.74 Å². The number of nitrogens with zero attached hydrogens (tertiary/aromatic N) is 3. The number of benzene rings is 1. The summed E-state index contributed by atoms with van der Waals surface area (Å²) in [4.78, 5) is 19.3. The molecule has 1 aromatic heterocycles. The highest BCUT2D eigenvalue weighted by Gasteiger charge is 2.33. The van der Waals surface area contributed by atoms with Gasteiger partial charge in [-0.3, -0.25) is 9.78 Å². The maximum absolute atomic E-state index is 13.2. The lowest BCUT2D eigenvalue weighted by Gasteiger charge is -2.33. The number of carbonyl (C=O) groups is 1. The van der Waals surface area contributed by atoms with Gasteiger partial charge in [0.05, 0.1) is 29.4 Å². The van der Waals surface area contributed by atoms with Crippen LogP contribution >= 0.6 is 0 Å². The van der Waals surface area contributed by atoms with Crippen molar-refractivity contribution in [2.45, 2.75) is 23.7 Å². The van der Waals surface area contributed by atoms with Crippen molar-refractivity contribution in [1.29, 1.82) is 0 Å². The Labute approximate surface area is 175 Å². The topological polar surface area (TPSA) is 79.8 Å². The molecule has 1 amide bonds. The molecule has 2 saturated heterocycles. The van der Waals surface area contributed by atoms with E-state index < -0.39 is 15.8 Å². The summed E-state index contributed by atoms with van der Waals surface area (Å²) in [6, 6.07) is 8.34. The van der Waals surface area contributed by atoms with E-state index in [2.05, 4.69) is 4.98 Å². The number of piperidine rings is 1. The van der Waals surface area contributed by atoms with Gasteiger partial charge in [0.25, 0.3) is 5.91 Å². The van der Waals surface area contributed by atoms with Crippen molar-refractivity contribution in [2.24, 2.45) is 0 Å². The van der Waals surface area contributed by atoms with E-state index >= 15 is 0 Å². The number of sulfonamides is 1. The van der Waals surface area contributed by atoms with Gasteiger partial charge >= 0.3 is 0 Å². The second-order valence-corrected chi connectivity index (χ2v) is 9.43. The van der Waals surface area contributed by atoms with Crippen molar-refractivity contribution >= 4 is 15.9 Å². The number of aromatic nitrogens is 1. The number of hydrogen-bond donors (Lipinski definition) is 0. The van der Waals surface area contributed by atoms with E-state index in [0.29, 0.717) is 50.5 Å². The normalized spacial score (nSPS) is 20.8. The SMILES string of the molecule is O=C(c1cccnc1C1CCCN(S(=O)(=O)c2ccc(F)cc2)C1)N1CCOCC1. The van der Waals surface area contributed by atoms with Crippen molar-refractivity contribution in [1.82, 2.24) is 14.2 Å². The van der Waals surface area contributed by atoms with Gasteiger partial charge in [-0.1, -0.05) is 0 Å². The minimum atomic E-state index is -3.75. The first-order valence-electron chi connectivity index (χ1n) is 10.0. The average Bonchev–Trinajstić information content (AvgIpc) is 2.79. The van der Waals surface area contributed by atoms with Gasteiger partial charge in [-0.05, 0) is 49.2 Å². The summed E-state index contributed by atoms with van der Waals surface area (Å²) >= 11 is 0. The molecule has 0 saturated carbocycles. The van der Waals surface area contributed by atoms with Crippen LogP contribution in [0.2, 0.25) is 0 Å². The maximum atomic E-state index is 13.2. The Balaban J connectivity index is 1.58. The molecule has 4 rings (SSSR count). The van der Waals surface area contributed by atoms with Crippen LogP contribution in [0.3, 0.4) is 0 Å². The third-order valence-corrected chi connectivity index (χ3v) is 7.47. The Bertz CT molecular complexity index is 1010. The molecule has 2 aliphatic heterocycles. The van der Waals surface area contributed by atoms with E-state index in [0.717, 1.165) is 18.6 Å². The molecule has 9 heteroatoms. The third kappa shape index (κ3) is 4.23. The molecular formula is C21H24FN3O4S. The zero-order valence-electron chi connectivity index (χ0n) is 16.5. The molecule has 0 aliphatic carbocycles. The van der Waals surface area contributed by atoms with Crippen LogP contribution in [0.5, 0.6) is 0 Å². The fourth-order valence-electron chi connectivity index (χ4n) is 4.00. The molecule has 30 heavy (non-hydrogen) atoms. The van der Waals surface area contributed by atoms with E-state index in [1.54, 1.807) is 23.2 Å². The van der Waals surface area contributed by atoms with Gasteiger partial charge in [0.2, 0.25) is 10.0 Å². The molecule has 0 N–H and O–H groups in total. The monoisotopic (exact) mass is 433 g/mol. The molecule has 0 bridgehead atoms. The molecule has 7 nitrogen and oxygen atoms in total. The largest absolute Gasteiger partial charge is 0.378 e. The molecule has 2 aliphatic rings. The number of hydrogen-bond acceptors (Lipinski definition) is 5. The Kier molecular flexibility index (Phi) is 6.12. The first kappa shape index (κ1) is 20.9. The number of carbonyl (C=O) groups excluding carboxylic acids is 1. The number of amides is 1. The molecule has 1 atom stereocenters. The zero-order valence-corrected chi connectivity index (χ0v) is 17.4. The Hall–Kier alpha value is -2.36. The van der Waals surface area contributed by atoms with Crippen molar-refractivity contribution in [3.05, 3.63) is 59.7 Å². The summed E-state index contributed by atoms with van der Waals surface area (Å²) in [5.41, 5.74) is 1.15. The molecular weight excluding hydrogens is 409 g/mol.